The first-order chi connectivity index (χ1) is 7.67. The highest BCUT2D eigenvalue weighted by Crippen LogP contribution is 2.16. The van der Waals surface area contributed by atoms with Gasteiger partial charge in [0.2, 0.25) is 0 Å². The van der Waals surface area contributed by atoms with Crippen LogP contribution in [-0.2, 0) is 14.3 Å². The van der Waals surface area contributed by atoms with Crippen molar-refractivity contribution in [2.75, 3.05) is 13.7 Å². The number of hydrogen-bond donors (Lipinski definition) is 0. The van der Waals surface area contributed by atoms with Crippen LogP contribution in [0.5, 0.6) is 0 Å². The van der Waals surface area contributed by atoms with Gasteiger partial charge in [0.25, 0.3) is 0 Å². The van der Waals surface area contributed by atoms with E-state index in [1.165, 1.54) is 25.3 Å². The van der Waals surface area contributed by atoms with Crippen LogP contribution in [0, 0.1) is 5.82 Å². The molecule has 0 aliphatic heterocycles. The Hall–Kier alpha value is -1.84. The van der Waals surface area contributed by atoms with Crippen molar-refractivity contribution in [2.24, 2.45) is 0 Å². The molecule has 0 unspecified atom stereocenters. The van der Waals surface area contributed by atoms with Gasteiger partial charge in [-0.25, -0.2) is 9.18 Å². The summed E-state index contributed by atoms with van der Waals surface area (Å²) in [5, 5.41) is 0. The molecule has 0 radical (unpaired) electrons. The first-order valence-corrected chi connectivity index (χ1v) is 4.85. The number of carbonyl (C=O) groups is 1. The van der Waals surface area contributed by atoms with Crippen LogP contribution >= 0.6 is 0 Å². The van der Waals surface area contributed by atoms with Crippen molar-refractivity contribution in [1.29, 1.82) is 0 Å². The summed E-state index contributed by atoms with van der Waals surface area (Å²) >= 11 is 0. The lowest BCUT2D eigenvalue weighted by Crippen LogP contribution is -2.02. The molecule has 0 N–H and O–H groups in total. The lowest BCUT2D eigenvalue weighted by Gasteiger charge is -2.06. The molecule has 1 aromatic rings. The molecule has 1 aromatic carbocycles. The van der Waals surface area contributed by atoms with E-state index in [4.69, 9.17) is 9.47 Å². The Bertz CT molecular complexity index is 399. The molecule has 0 atom stereocenters. The van der Waals surface area contributed by atoms with Gasteiger partial charge in [0, 0.05) is 5.56 Å². The summed E-state index contributed by atoms with van der Waals surface area (Å²) in [6.45, 7) is 2.00. The van der Waals surface area contributed by atoms with E-state index in [0.717, 1.165) is 0 Å². The summed E-state index contributed by atoms with van der Waals surface area (Å²) in [5.74, 6) is -0.620. The van der Waals surface area contributed by atoms with Gasteiger partial charge in [0.15, 0.2) is 0 Å². The number of esters is 1. The minimum Gasteiger partial charge on any atom is -0.496 e. The van der Waals surface area contributed by atoms with E-state index in [2.05, 4.69) is 0 Å². The standard InChI is InChI=1S/C12H13FO3/c1-3-16-12(14)8-11(15-2)9-5-4-6-10(13)7-9/h4-8H,3H2,1-2H3/b11-8+. The van der Waals surface area contributed by atoms with Gasteiger partial charge in [-0.05, 0) is 19.1 Å². The van der Waals surface area contributed by atoms with Gasteiger partial charge in [0.05, 0.1) is 19.8 Å². The zero-order valence-corrected chi connectivity index (χ0v) is 9.20. The maximum Gasteiger partial charge on any atom is 0.334 e. The molecule has 4 heteroatoms. The van der Waals surface area contributed by atoms with Crippen LogP contribution in [0.2, 0.25) is 0 Å². The maximum atomic E-state index is 13.0. The number of ether oxygens (including phenoxy) is 2. The van der Waals surface area contributed by atoms with Gasteiger partial charge < -0.3 is 9.47 Å². The van der Waals surface area contributed by atoms with Crippen molar-refractivity contribution < 1.29 is 18.7 Å². The number of benzene rings is 1. The molecular weight excluding hydrogens is 211 g/mol. The Kier molecular flexibility index (Phi) is 4.51. The largest absolute Gasteiger partial charge is 0.496 e. The molecule has 86 valence electrons. The van der Waals surface area contributed by atoms with Gasteiger partial charge in [-0.1, -0.05) is 12.1 Å². The molecule has 0 amide bonds. The highest BCUT2D eigenvalue weighted by atomic mass is 19.1. The molecule has 3 nitrogen and oxygen atoms in total. The van der Waals surface area contributed by atoms with Crippen LogP contribution in [0.3, 0.4) is 0 Å². The molecule has 0 heterocycles. The minimum atomic E-state index is -0.511. The summed E-state index contributed by atoms with van der Waals surface area (Å²) < 4.78 is 22.7. The second kappa shape index (κ2) is 5.90. The van der Waals surface area contributed by atoms with Crippen LogP contribution in [0.4, 0.5) is 4.39 Å². The van der Waals surface area contributed by atoms with Crippen LogP contribution < -0.4 is 0 Å². The quantitative estimate of drug-likeness (QED) is 0.447. The van der Waals surface area contributed by atoms with Gasteiger partial charge in [-0.2, -0.15) is 0 Å². The predicted molar refractivity (Wildman–Crippen MR) is 58.0 cm³/mol. The highest BCUT2D eigenvalue weighted by Gasteiger charge is 2.06. The third-order valence-electron chi connectivity index (χ3n) is 1.86. The molecule has 0 aliphatic carbocycles. The SMILES string of the molecule is CCOC(=O)/C=C(/OC)c1cccc(F)c1. The number of methoxy groups -OCH3 is 1. The van der Waals surface area contributed by atoms with Crippen molar-refractivity contribution in [3.8, 4) is 0 Å². The average Bonchev–Trinajstić information content (AvgIpc) is 2.26. The number of halogens is 1. The Morgan fingerprint density at radius 3 is 2.81 bits per heavy atom. The van der Waals surface area contributed by atoms with Crippen molar-refractivity contribution in [3.05, 3.63) is 41.7 Å². The second-order valence-electron chi connectivity index (χ2n) is 2.98. The Morgan fingerprint density at radius 1 is 1.50 bits per heavy atom. The van der Waals surface area contributed by atoms with E-state index in [9.17, 15) is 9.18 Å². The number of hydrogen-bond acceptors (Lipinski definition) is 3. The first kappa shape index (κ1) is 12.2. The van der Waals surface area contributed by atoms with Gasteiger partial charge in [-0.3, -0.25) is 0 Å². The normalized spacial score (nSPS) is 11.1. The Balaban J connectivity index is 2.94. The summed E-state index contributed by atoms with van der Waals surface area (Å²) in [7, 11) is 1.41. The number of rotatable bonds is 4. The van der Waals surface area contributed by atoms with E-state index in [1.54, 1.807) is 19.1 Å². The zero-order valence-electron chi connectivity index (χ0n) is 9.20. The number of carbonyl (C=O) groups excluding carboxylic acids is 1. The molecule has 0 saturated heterocycles. The van der Waals surface area contributed by atoms with Crippen molar-refractivity contribution in [1.82, 2.24) is 0 Å². The van der Waals surface area contributed by atoms with E-state index >= 15 is 0 Å². The van der Waals surface area contributed by atoms with Crippen molar-refractivity contribution >= 4 is 11.7 Å². The fourth-order valence-electron chi connectivity index (χ4n) is 1.19. The van der Waals surface area contributed by atoms with Crippen LogP contribution in [0.25, 0.3) is 5.76 Å². The third kappa shape index (κ3) is 3.38. The molecule has 0 spiro atoms. The third-order valence-corrected chi connectivity index (χ3v) is 1.86. The predicted octanol–water partition coefficient (Wildman–Crippen LogP) is 2.38. The van der Waals surface area contributed by atoms with E-state index in [-0.39, 0.29) is 18.2 Å². The molecule has 0 aromatic heterocycles. The topological polar surface area (TPSA) is 35.5 Å². The lowest BCUT2D eigenvalue weighted by atomic mass is 10.2. The first-order valence-electron chi connectivity index (χ1n) is 4.85. The molecule has 0 saturated carbocycles. The monoisotopic (exact) mass is 224 g/mol. The van der Waals surface area contributed by atoms with Gasteiger partial charge in [0.1, 0.15) is 11.6 Å². The summed E-state index contributed by atoms with van der Waals surface area (Å²) in [5.41, 5.74) is 0.496. The second-order valence-corrected chi connectivity index (χ2v) is 2.98. The maximum absolute atomic E-state index is 13.0. The molecule has 0 aliphatic rings. The smallest absolute Gasteiger partial charge is 0.334 e. The van der Waals surface area contributed by atoms with Crippen LogP contribution in [-0.4, -0.2) is 19.7 Å². The summed E-state index contributed by atoms with van der Waals surface area (Å²) in [4.78, 5) is 11.2. The van der Waals surface area contributed by atoms with E-state index < -0.39 is 5.97 Å². The lowest BCUT2D eigenvalue weighted by molar-refractivity contribution is -0.137. The van der Waals surface area contributed by atoms with Crippen LogP contribution in [0.15, 0.2) is 30.3 Å². The molecule has 16 heavy (non-hydrogen) atoms. The summed E-state index contributed by atoms with van der Waals surface area (Å²) in [6.07, 6.45) is 1.19. The van der Waals surface area contributed by atoms with Crippen molar-refractivity contribution in [3.63, 3.8) is 0 Å². The van der Waals surface area contributed by atoms with E-state index in [0.29, 0.717) is 5.56 Å². The molecule has 0 bridgehead atoms. The van der Waals surface area contributed by atoms with Crippen molar-refractivity contribution in [2.45, 2.75) is 6.92 Å². The van der Waals surface area contributed by atoms with E-state index in [1.807, 2.05) is 0 Å². The Labute approximate surface area is 93.5 Å². The average molecular weight is 224 g/mol. The molecular formula is C12H13FO3. The summed E-state index contributed by atoms with van der Waals surface area (Å²) in [6, 6.07) is 5.80. The van der Waals surface area contributed by atoms with Gasteiger partial charge in [-0.15, -0.1) is 0 Å². The fraction of sp³-hybridized carbons (Fsp3) is 0.250. The van der Waals surface area contributed by atoms with Gasteiger partial charge >= 0.3 is 5.97 Å². The zero-order chi connectivity index (χ0) is 12.0. The Morgan fingerprint density at radius 2 is 2.25 bits per heavy atom. The van der Waals surface area contributed by atoms with Crippen LogP contribution in [0.1, 0.15) is 12.5 Å². The minimum absolute atomic E-state index is 0.276. The highest BCUT2D eigenvalue weighted by molar-refractivity contribution is 5.89. The molecule has 0 fully saturated rings. The fourth-order valence-corrected chi connectivity index (χ4v) is 1.19. The molecule has 1 rings (SSSR count).